The number of nitrogens with zero attached hydrogens (tertiary/aromatic N) is 1. The van der Waals surface area contributed by atoms with Gasteiger partial charge in [-0.1, -0.05) is 6.07 Å². The van der Waals surface area contributed by atoms with Gasteiger partial charge >= 0.3 is 0 Å². The van der Waals surface area contributed by atoms with Gasteiger partial charge in [-0.15, -0.1) is 0 Å². The van der Waals surface area contributed by atoms with Crippen LogP contribution in [-0.4, -0.2) is 19.8 Å². The van der Waals surface area contributed by atoms with Crippen molar-refractivity contribution in [2.75, 3.05) is 12.8 Å². The normalized spacial score (nSPS) is 11.8. The average molecular weight is 312 g/mol. The maximum Gasteiger partial charge on any atom is 0.243 e. The highest BCUT2D eigenvalue weighted by atomic mass is 32.2. The summed E-state index contributed by atoms with van der Waals surface area (Å²) in [6.45, 7) is -0.0656. The largest absolute Gasteiger partial charge is 0.399 e. The molecule has 2 aromatic carbocycles. The van der Waals surface area contributed by atoms with Crippen LogP contribution in [-0.2, 0) is 16.6 Å². The predicted molar refractivity (Wildman–Crippen MR) is 75.9 cm³/mol. The third-order valence-corrected chi connectivity index (χ3v) is 4.80. The first-order chi connectivity index (χ1) is 9.80. The Bertz CT molecular complexity index is 746. The summed E-state index contributed by atoms with van der Waals surface area (Å²) < 4.78 is 51.7. The third-order valence-electron chi connectivity index (χ3n) is 2.98. The van der Waals surface area contributed by atoms with Gasteiger partial charge in [0, 0.05) is 19.3 Å². The van der Waals surface area contributed by atoms with Gasteiger partial charge in [0.15, 0.2) is 11.6 Å². The van der Waals surface area contributed by atoms with Crippen LogP contribution in [0.2, 0.25) is 0 Å². The first kappa shape index (κ1) is 15.4. The number of halogens is 2. The van der Waals surface area contributed by atoms with Gasteiger partial charge in [0.1, 0.15) is 0 Å². The van der Waals surface area contributed by atoms with Crippen LogP contribution in [0.1, 0.15) is 5.56 Å². The lowest BCUT2D eigenvalue weighted by Gasteiger charge is -2.17. The number of benzene rings is 2. The number of hydrogen-bond acceptors (Lipinski definition) is 3. The van der Waals surface area contributed by atoms with E-state index in [1.165, 1.54) is 37.4 Å². The molecule has 0 aromatic heterocycles. The van der Waals surface area contributed by atoms with Crippen LogP contribution in [0.25, 0.3) is 0 Å². The Morgan fingerprint density at radius 3 is 2.24 bits per heavy atom. The Morgan fingerprint density at radius 1 is 1.05 bits per heavy atom. The van der Waals surface area contributed by atoms with Crippen molar-refractivity contribution in [1.82, 2.24) is 4.31 Å². The van der Waals surface area contributed by atoms with Crippen LogP contribution in [0.3, 0.4) is 0 Å². The molecule has 0 radical (unpaired) electrons. The summed E-state index contributed by atoms with van der Waals surface area (Å²) in [5.41, 5.74) is 6.33. The molecule has 0 atom stereocenters. The van der Waals surface area contributed by atoms with Gasteiger partial charge in [-0.25, -0.2) is 17.2 Å². The molecule has 21 heavy (non-hydrogen) atoms. The molecule has 0 spiro atoms. The van der Waals surface area contributed by atoms with Gasteiger partial charge in [-0.2, -0.15) is 4.31 Å². The number of anilines is 1. The van der Waals surface area contributed by atoms with Crippen LogP contribution in [0.5, 0.6) is 0 Å². The standard InChI is InChI=1S/C14H14F2N2O2S/c1-18(9-10-2-7-13(15)14(16)8-10)21(19,20)12-5-3-11(17)4-6-12/h2-8H,9,17H2,1H3. The van der Waals surface area contributed by atoms with Crippen molar-refractivity contribution >= 4 is 15.7 Å². The van der Waals surface area contributed by atoms with Gasteiger partial charge < -0.3 is 5.73 Å². The number of hydrogen-bond donors (Lipinski definition) is 1. The Kier molecular flexibility index (Phi) is 4.24. The van der Waals surface area contributed by atoms with Crippen molar-refractivity contribution in [3.8, 4) is 0 Å². The fourth-order valence-corrected chi connectivity index (χ4v) is 2.96. The Labute approximate surface area is 121 Å². The van der Waals surface area contributed by atoms with E-state index in [0.717, 1.165) is 16.4 Å². The molecule has 7 heteroatoms. The number of sulfonamides is 1. The highest BCUT2D eigenvalue weighted by Crippen LogP contribution is 2.19. The maximum atomic E-state index is 13.1. The second kappa shape index (κ2) is 5.79. The summed E-state index contributed by atoms with van der Waals surface area (Å²) in [5.74, 6) is -1.98. The van der Waals surface area contributed by atoms with Crippen molar-refractivity contribution in [1.29, 1.82) is 0 Å². The minimum atomic E-state index is -3.72. The van der Waals surface area contributed by atoms with Gasteiger partial charge in [0.2, 0.25) is 10.0 Å². The summed E-state index contributed by atoms with van der Waals surface area (Å²) in [7, 11) is -2.35. The highest BCUT2D eigenvalue weighted by molar-refractivity contribution is 7.89. The topological polar surface area (TPSA) is 63.4 Å². The maximum absolute atomic E-state index is 13.1. The van der Waals surface area contributed by atoms with E-state index < -0.39 is 21.7 Å². The minimum absolute atomic E-state index is 0.0656. The molecule has 0 saturated carbocycles. The first-order valence-electron chi connectivity index (χ1n) is 6.06. The summed E-state index contributed by atoms with van der Waals surface area (Å²) in [6.07, 6.45) is 0. The fraction of sp³-hybridized carbons (Fsp3) is 0.143. The molecule has 0 aliphatic rings. The first-order valence-corrected chi connectivity index (χ1v) is 7.50. The second-order valence-corrected chi connectivity index (χ2v) is 6.62. The monoisotopic (exact) mass is 312 g/mol. The van der Waals surface area contributed by atoms with E-state index in [9.17, 15) is 17.2 Å². The molecule has 0 fully saturated rings. The zero-order chi connectivity index (χ0) is 15.6. The second-order valence-electron chi connectivity index (χ2n) is 4.58. The zero-order valence-electron chi connectivity index (χ0n) is 11.3. The third kappa shape index (κ3) is 3.37. The molecule has 112 valence electrons. The van der Waals surface area contributed by atoms with Gasteiger partial charge in [-0.3, -0.25) is 0 Å². The van der Waals surface area contributed by atoms with Crippen molar-refractivity contribution < 1.29 is 17.2 Å². The van der Waals surface area contributed by atoms with E-state index >= 15 is 0 Å². The number of nitrogen functional groups attached to an aromatic ring is 1. The molecule has 2 aromatic rings. The van der Waals surface area contributed by atoms with Crippen LogP contribution < -0.4 is 5.73 Å². The molecule has 0 aliphatic carbocycles. The van der Waals surface area contributed by atoms with Gasteiger partial charge in [-0.05, 0) is 42.0 Å². The summed E-state index contributed by atoms with van der Waals surface area (Å²) in [6, 6.07) is 9.04. The van der Waals surface area contributed by atoms with Crippen LogP contribution >= 0.6 is 0 Å². The molecule has 0 aliphatic heterocycles. The van der Waals surface area contributed by atoms with E-state index in [0.29, 0.717) is 11.3 Å². The molecule has 0 bridgehead atoms. The number of nitrogens with two attached hydrogens (primary N) is 1. The van der Waals surface area contributed by atoms with Gasteiger partial charge in [0.25, 0.3) is 0 Å². The molecule has 0 unspecified atom stereocenters. The summed E-state index contributed by atoms with van der Waals surface area (Å²) in [4.78, 5) is 0.0850. The quantitative estimate of drug-likeness (QED) is 0.882. The molecule has 0 amide bonds. The summed E-state index contributed by atoms with van der Waals surface area (Å²) in [5, 5.41) is 0. The lowest BCUT2D eigenvalue weighted by atomic mass is 10.2. The molecule has 2 rings (SSSR count). The minimum Gasteiger partial charge on any atom is -0.399 e. The predicted octanol–water partition coefficient (Wildman–Crippen LogP) is 2.37. The van der Waals surface area contributed by atoms with E-state index in [1.54, 1.807) is 0 Å². The van der Waals surface area contributed by atoms with E-state index in [4.69, 9.17) is 5.73 Å². The smallest absolute Gasteiger partial charge is 0.243 e. The van der Waals surface area contributed by atoms with Crippen LogP contribution in [0, 0.1) is 11.6 Å². The Morgan fingerprint density at radius 2 is 1.67 bits per heavy atom. The molecule has 4 nitrogen and oxygen atoms in total. The van der Waals surface area contributed by atoms with Crippen molar-refractivity contribution in [2.45, 2.75) is 11.4 Å². The Hall–Kier alpha value is -1.99. The van der Waals surface area contributed by atoms with Crippen molar-refractivity contribution in [2.24, 2.45) is 0 Å². The van der Waals surface area contributed by atoms with E-state index in [2.05, 4.69) is 0 Å². The molecule has 2 N–H and O–H groups in total. The molecular formula is C14H14F2N2O2S. The lowest BCUT2D eigenvalue weighted by molar-refractivity contribution is 0.462. The molecular weight excluding hydrogens is 298 g/mol. The zero-order valence-corrected chi connectivity index (χ0v) is 12.1. The van der Waals surface area contributed by atoms with E-state index in [1.807, 2.05) is 0 Å². The van der Waals surface area contributed by atoms with Crippen molar-refractivity contribution in [3.63, 3.8) is 0 Å². The number of rotatable bonds is 4. The lowest BCUT2D eigenvalue weighted by Crippen LogP contribution is -2.26. The Balaban J connectivity index is 2.24. The van der Waals surface area contributed by atoms with Gasteiger partial charge in [0.05, 0.1) is 4.90 Å². The van der Waals surface area contributed by atoms with Crippen LogP contribution in [0.15, 0.2) is 47.4 Å². The summed E-state index contributed by atoms with van der Waals surface area (Å²) >= 11 is 0. The SMILES string of the molecule is CN(Cc1ccc(F)c(F)c1)S(=O)(=O)c1ccc(N)cc1. The van der Waals surface area contributed by atoms with Crippen LogP contribution in [0.4, 0.5) is 14.5 Å². The van der Waals surface area contributed by atoms with Crippen molar-refractivity contribution in [3.05, 3.63) is 59.7 Å². The van der Waals surface area contributed by atoms with E-state index in [-0.39, 0.29) is 11.4 Å². The fourth-order valence-electron chi connectivity index (χ4n) is 1.80. The molecule has 0 saturated heterocycles. The molecule has 0 heterocycles. The average Bonchev–Trinajstić information content (AvgIpc) is 2.43. The highest BCUT2D eigenvalue weighted by Gasteiger charge is 2.21.